The topological polar surface area (TPSA) is 27.7 Å². The molecule has 0 spiro atoms. The van der Waals surface area contributed by atoms with Crippen molar-refractivity contribution in [3.63, 3.8) is 0 Å². The van der Waals surface area contributed by atoms with E-state index in [2.05, 4.69) is 9.47 Å². The summed E-state index contributed by atoms with van der Waals surface area (Å²) in [6, 6.07) is 1.05. The first kappa shape index (κ1) is 37.2. The average Bonchev–Trinajstić information content (AvgIpc) is 2.89. The van der Waals surface area contributed by atoms with Gasteiger partial charge in [0.1, 0.15) is 69.2 Å². The molecule has 0 radical (unpaired) electrons. The Morgan fingerprint density at radius 2 is 0.857 bits per heavy atom. The molecule has 0 aliphatic rings. The summed E-state index contributed by atoms with van der Waals surface area (Å²) in [6.07, 6.45) is -15.6. The molecule has 0 amide bonds. The summed E-state index contributed by atoms with van der Waals surface area (Å²) < 4.78 is 223. The van der Waals surface area contributed by atoms with Crippen molar-refractivity contribution in [2.24, 2.45) is 0 Å². The molecular weight excluding hydrogens is 705 g/mol. The first-order valence-electron chi connectivity index (χ1n) is 13.5. The Bertz CT molecular complexity index is 1780. The van der Waals surface area contributed by atoms with Crippen LogP contribution < -0.4 is 9.47 Å². The van der Waals surface area contributed by atoms with Gasteiger partial charge in [0, 0.05) is 24.3 Å². The van der Waals surface area contributed by atoms with Crippen molar-refractivity contribution in [3.05, 3.63) is 106 Å². The largest absolute Gasteiger partial charge is 0.527 e. The Morgan fingerprint density at radius 3 is 1.22 bits per heavy atom. The third-order valence-electron chi connectivity index (χ3n) is 6.53. The fraction of sp³-hybridized carbons (Fsp3) is 0.226. The summed E-state index contributed by atoms with van der Waals surface area (Å²) in [7, 11) is 0. The maximum Gasteiger partial charge on any atom is 0.527 e. The summed E-state index contributed by atoms with van der Waals surface area (Å²) in [5, 5.41) is 0. The van der Waals surface area contributed by atoms with Crippen LogP contribution in [-0.4, -0.2) is 13.0 Å². The van der Waals surface area contributed by atoms with E-state index in [9.17, 15) is 65.9 Å². The van der Waals surface area contributed by atoms with Gasteiger partial charge in [0.2, 0.25) is 0 Å². The monoisotopic (exact) mass is 722 g/mol. The minimum Gasteiger partial charge on any atom is -0.493 e. The standard InChI is InChI=1S/C31H17F15O3/c1-2-3-4-47-15-9-17(32)25(18(33)10-15)13-5-21(36)27(22(37)6-13)29(40,41)48-16-11-19(34)26(20(35)12-16)14-7-23(38)28(24(39)8-14)30(42,43)49-31(44,45)46/h5-12H,2-4H2,1H3. The Labute approximate surface area is 265 Å². The third kappa shape index (κ3) is 8.17. The van der Waals surface area contributed by atoms with Crippen LogP contribution in [0.4, 0.5) is 65.9 Å². The van der Waals surface area contributed by atoms with Crippen molar-refractivity contribution < 1.29 is 80.1 Å². The molecule has 0 aromatic heterocycles. The average molecular weight is 722 g/mol. The number of unbranched alkanes of at least 4 members (excludes halogenated alkanes) is 1. The van der Waals surface area contributed by atoms with Gasteiger partial charge in [-0.05, 0) is 41.8 Å². The van der Waals surface area contributed by atoms with Crippen LogP contribution >= 0.6 is 0 Å². The molecule has 264 valence electrons. The van der Waals surface area contributed by atoms with E-state index in [0.717, 1.165) is 0 Å². The second-order valence-corrected chi connectivity index (χ2v) is 10.0. The van der Waals surface area contributed by atoms with Gasteiger partial charge >= 0.3 is 18.6 Å². The highest BCUT2D eigenvalue weighted by atomic mass is 19.4. The van der Waals surface area contributed by atoms with Crippen LogP contribution in [0.1, 0.15) is 30.9 Å². The third-order valence-corrected chi connectivity index (χ3v) is 6.53. The van der Waals surface area contributed by atoms with E-state index in [0.29, 0.717) is 25.0 Å². The van der Waals surface area contributed by atoms with Crippen LogP contribution in [-0.2, 0) is 17.0 Å². The minimum atomic E-state index is -6.07. The fourth-order valence-electron chi connectivity index (χ4n) is 4.51. The Morgan fingerprint density at radius 1 is 0.490 bits per heavy atom. The normalized spacial score (nSPS) is 12.4. The lowest BCUT2D eigenvalue weighted by molar-refractivity contribution is -0.432. The number of rotatable bonds is 11. The number of halogens is 15. The predicted octanol–water partition coefficient (Wildman–Crippen LogP) is 11.0. The van der Waals surface area contributed by atoms with E-state index in [1.807, 2.05) is 6.92 Å². The predicted molar refractivity (Wildman–Crippen MR) is 139 cm³/mol. The zero-order valence-corrected chi connectivity index (χ0v) is 24.1. The van der Waals surface area contributed by atoms with Crippen LogP contribution in [0.5, 0.6) is 11.5 Å². The van der Waals surface area contributed by atoms with Gasteiger partial charge in [-0.15, -0.1) is 13.2 Å². The van der Waals surface area contributed by atoms with E-state index in [1.54, 1.807) is 0 Å². The Hall–Kier alpha value is -4.61. The van der Waals surface area contributed by atoms with Crippen LogP contribution in [0.15, 0.2) is 48.5 Å². The Kier molecular flexibility index (Phi) is 10.4. The van der Waals surface area contributed by atoms with E-state index in [4.69, 9.17) is 4.74 Å². The first-order valence-corrected chi connectivity index (χ1v) is 13.5. The summed E-state index contributed by atoms with van der Waals surface area (Å²) in [5.41, 5.74) is -9.38. The smallest absolute Gasteiger partial charge is 0.493 e. The van der Waals surface area contributed by atoms with Gasteiger partial charge in [-0.1, -0.05) is 13.3 Å². The molecule has 0 saturated carbocycles. The molecule has 0 aliphatic heterocycles. The SMILES string of the molecule is CCCCOc1cc(F)c(-c2cc(F)c(C(F)(F)Oc3cc(F)c(-c4cc(F)c(C(F)(F)OC(F)(F)F)c(F)c4)c(F)c3)c(F)c2)c(F)c1. The van der Waals surface area contributed by atoms with Gasteiger partial charge in [0.05, 0.1) is 17.7 Å². The molecule has 0 atom stereocenters. The lowest BCUT2D eigenvalue weighted by atomic mass is 10.0. The van der Waals surface area contributed by atoms with Crippen molar-refractivity contribution in [2.75, 3.05) is 6.61 Å². The maximum atomic E-state index is 14.9. The lowest BCUT2D eigenvalue weighted by Gasteiger charge is -2.21. The van der Waals surface area contributed by atoms with Crippen molar-refractivity contribution >= 4 is 0 Å². The lowest BCUT2D eigenvalue weighted by Crippen LogP contribution is -2.29. The molecule has 4 aromatic rings. The zero-order valence-electron chi connectivity index (χ0n) is 24.1. The fourth-order valence-corrected chi connectivity index (χ4v) is 4.51. The van der Waals surface area contributed by atoms with Crippen molar-refractivity contribution in [3.8, 4) is 33.8 Å². The van der Waals surface area contributed by atoms with E-state index in [-0.39, 0.29) is 48.8 Å². The highest BCUT2D eigenvalue weighted by Crippen LogP contribution is 2.43. The van der Waals surface area contributed by atoms with Gasteiger partial charge < -0.3 is 9.47 Å². The van der Waals surface area contributed by atoms with Gasteiger partial charge in [-0.25, -0.2) is 39.9 Å². The highest BCUT2D eigenvalue weighted by Gasteiger charge is 2.49. The summed E-state index contributed by atoms with van der Waals surface area (Å²) >= 11 is 0. The molecule has 0 heterocycles. The van der Waals surface area contributed by atoms with Crippen molar-refractivity contribution in [1.29, 1.82) is 0 Å². The molecule has 49 heavy (non-hydrogen) atoms. The molecule has 3 nitrogen and oxygen atoms in total. The molecule has 4 rings (SSSR count). The highest BCUT2D eigenvalue weighted by molar-refractivity contribution is 5.68. The van der Waals surface area contributed by atoms with Crippen LogP contribution in [0, 0.1) is 46.5 Å². The number of hydrogen-bond acceptors (Lipinski definition) is 3. The first-order chi connectivity index (χ1) is 22.6. The molecule has 0 saturated heterocycles. The second-order valence-electron chi connectivity index (χ2n) is 10.0. The van der Waals surface area contributed by atoms with Crippen LogP contribution in [0.3, 0.4) is 0 Å². The quantitative estimate of drug-likeness (QED) is 0.114. The molecule has 0 aliphatic carbocycles. The van der Waals surface area contributed by atoms with Gasteiger partial charge in [0.25, 0.3) is 0 Å². The number of ether oxygens (including phenoxy) is 3. The van der Waals surface area contributed by atoms with E-state index >= 15 is 0 Å². The molecule has 0 bridgehead atoms. The van der Waals surface area contributed by atoms with E-state index < -0.39 is 104 Å². The number of alkyl halides is 7. The molecule has 0 unspecified atom stereocenters. The molecule has 18 heteroatoms. The maximum absolute atomic E-state index is 14.9. The molecule has 4 aromatic carbocycles. The summed E-state index contributed by atoms with van der Waals surface area (Å²) in [6.45, 7) is 1.91. The van der Waals surface area contributed by atoms with Gasteiger partial charge in [-0.2, -0.15) is 17.6 Å². The number of hydrogen-bond donors (Lipinski definition) is 0. The van der Waals surface area contributed by atoms with Crippen molar-refractivity contribution in [1.82, 2.24) is 0 Å². The summed E-state index contributed by atoms with van der Waals surface area (Å²) in [4.78, 5) is 0. The minimum absolute atomic E-state index is 0.0729. The van der Waals surface area contributed by atoms with Gasteiger partial charge in [0.15, 0.2) is 0 Å². The Balaban J connectivity index is 1.64. The second kappa shape index (κ2) is 13.7. The van der Waals surface area contributed by atoms with Crippen molar-refractivity contribution in [2.45, 2.75) is 38.3 Å². The van der Waals surface area contributed by atoms with Gasteiger partial charge in [-0.3, -0.25) is 0 Å². The van der Waals surface area contributed by atoms with E-state index in [1.165, 1.54) is 0 Å². The zero-order chi connectivity index (χ0) is 36.6. The van der Waals surface area contributed by atoms with Crippen LogP contribution in [0.25, 0.3) is 22.3 Å². The van der Waals surface area contributed by atoms with Crippen LogP contribution in [0.2, 0.25) is 0 Å². The summed E-state index contributed by atoms with van der Waals surface area (Å²) in [5.74, 6) is -17.6. The molecule has 0 fully saturated rings. The molecule has 0 N–H and O–H groups in total. The number of benzene rings is 4. The molecular formula is C31H17F15O3.